The first-order valence-corrected chi connectivity index (χ1v) is 6.43. The van der Waals surface area contributed by atoms with Gasteiger partial charge < -0.3 is 15.4 Å². The van der Waals surface area contributed by atoms with Crippen molar-refractivity contribution in [3.63, 3.8) is 0 Å². The number of carbonyl (C=O) groups excluding carboxylic acids is 1. The molecule has 1 aromatic carbocycles. The molecule has 1 aliphatic heterocycles. The molecule has 2 aliphatic rings. The molecule has 18 heavy (non-hydrogen) atoms. The number of methoxy groups -OCH3 is 1. The van der Waals surface area contributed by atoms with Crippen molar-refractivity contribution in [1.29, 1.82) is 0 Å². The van der Waals surface area contributed by atoms with E-state index in [1.54, 1.807) is 7.11 Å². The summed E-state index contributed by atoms with van der Waals surface area (Å²) >= 11 is 0. The van der Waals surface area contributed by atoms with Gasteiger partial charge in [0, 0.05) is 19.5 Å². The number of hydrogen-bond acceptors (Lipinski definition) is 3. The molecule has 1 atom stereocenters. The Morgan fingerprint density at radius 1 is 1.28 bits per heavy atom. The van der Waals surface area contributed by atoms with Crippen molar-refractivity contribution in [1.82, 2.24) is 10.6 Å². The Balaban J connectivity index is 1.93. The summed E-state index contributed by atoms with van der Waals surface area (Å²) in [6.45, 7) is 1.58. The summed E-state index contributed by atoms with van der Waals surface area (Å²) in [7, 11) is 1.67. The lowest BCUT2D eigenvalue weighted by Gasteiger charge is -2.40. The highest BCUT2D eigenvalue weighted by Gasteiger charge is 2.42. The third-order valence-corrected chi connectivity index (χ3v) is 4.04. The number of nitrogens with one attached hydrogen (secondary N) is 2. The van der Waals surface area contributed by atoms with E-state index in [4.69, 9.17) is 4.74 Å². The van der Waals surface area contributed by atoms with Crippen LogP contribution in [0.15, 0.2) is 18.2 Å². The van der Waals surface area contributed by atoms with Gasteiger partial charge in [0.15, 0.2) is 0 Å². The van der Waals surface area contributed by atoms with E-state index in [0.29, 0.717) is 0 Å². The van der Waals surface area contributed by atoms with Crippen molar-refractivity contribution >= 4 is 5.91 Å². The summed E-state index contributed by atoms with van der Waals surface area (Å²) < 4.78 is 5.26. The Morgan fingerprint density at radius 3 is 2.94 bits per heavy atom. The van der Waals surface area contributed by atoms with E-state index in [2.05, 4.69) is 22.8 Å². The van der Waals surface area contributed by atoms with Gasteiger partial charge in [-0.2, -0.15) is 0 Å². The maximum Gasteiger partial charge on any atom is 0.240 e. The second-order valence-corrected chi connectivity index (χ2v) is 5.08. The molecule has 2 N–H and O–H groups in total. The summed E-state index contributed by atoms with van der Waals surface area (Å²) in [6, 6.07) is 6.16. The third kappa shape index (κ3) is 1.77. The van der Waals surface area contributed by atoms with Crippen LogP contribution in [0.25, 0.3) is 0 Å². The van der Waals surface area contributed by atoms with Crippen LogP contribution in [-0.2, 0) is 17.6 Å². The summed E-state index contributed by atoms with van der Waals surface area (Å²) in [5.74, 6) is 1.00. The van der Waals surface area contributed by atoms with E-state index < -0.39 is 5.54 Å². The summed E-state index contributed by atoms with van der Waals surface area (Å²) in [4.78, 5) is 12.1. The van der Waals surface area contributed by atoms with Crippen molar-refractivity contribution in [2.75, 3.05) is 20.2 Å². The maximum absolute atomic E-state index is 12.1. The Kier molecular flexibility index (Phi) is 2.74. The quantitative estimate of drug-likeness (QED) is 0.764. The fourth-order valence-electron chi connectivity index (χ4n) is 2.97. The number of carbonyl (C=O) groups is 1. The number of piperazine rings is 1. The Hall–Kier alpha value is -1.55. The molecule has 1 unspecified atom stereocenters. The maximum atomic E-state index is 12.1. The molecular weight excluding hydrogens is 228 g/mol. The fourth-order valence-corrected chi connectivity index (χ4v) is 2.97. The van der Waals surface area contributed by atoms with Gasteiger partial charge in [-0.3, -0.25) is 4.79 Å². The zero-order chi connectivity index (χ0) is 12.6. The second kappa shape index (κ2) is 4.28. The highest BCUT2D eigenvalue weighted by atomic mass is 16.5. The molecule has 0 bridgehead atoms. The number of hydrogen-bond donors (Lipinski definition) is 2. The van der Waals surface area contributed by atoms with Gasteiger partial charge in [0.05, 0.1) is 7.11 Å². The minimum atomic E-state index is -0.405. The van der Waals surface area contributed by atoms with E-state index in [1.165, 1.54) is 11.1 Å². The Bertz CT molecular complexity index is 487. The van der Waals surface area contributed by atoms with Gasteiger partial charge in [-0.15, -0.1) is 0 Å². The lowest BCUT2D eigenvalue weighted by atomic mass is 9.76. The molecule has 1 aromatic rings. The summed E-state index contributed by atoms with van der Waals surface area (Å²) in [5.41, 5.74) is 2.16. The predicted octanol–water partition coefficient (Wildman–Crippen LogP) is 0.642. The van der Waals surface area contributed by atoms with Crippen molar-refractivity contribution in [3.05, 3.63) is 29.3 Å². The SMILES string of the molecule is COc1ccc2c(c1)CC1(CC2)NCCNC1=O. The number of fused-ring (bicyclic) bond motifs is 1. The Morgan fingerprint density at radius 2 is 2.17 bits per heavy atom. The molecule has 0 aromatic heterocycles. The van der Waals surface area contributed by atoms with Crippen molar-refractivity contribution in [2.45, 2.75) is 24.8 Å². The van der Waals surface area contributed by atoms with E-state index >= 15 is 0 Å². The lowest BCUT2D eigenvalue weighted by Crippen LogP contribution is -2.65. The molecule has 1 spiro atoms. The van der Waals surface area contributed by atoms with Crippen LogP contribution in [0.3, 0.4) is 0 Å². The average Bonchev–Trinajstić information content (AvgIpc) is 2.41. The van der Waals surface area contributed by atoms with Gasteiger partial charge in [-0.1, -0.05) is 6.07 Å². The van der Waals surface area contributed by atoms with E-state index in [0.717, 1.165) is 38.1 Å². The molecule has 1 aliphatic carbocycles. The number of amides is 1. The third-order valence-electron chi connectivity index (χ3n) is 4.04. The molecule has 1 fully saturated rings. The summed E-state index contributed by atoms with van der Waals surface area (Å²) in [6.07, 6.45) is 2.57. The molecule has 1 heterocycles. The topological polar surface area (TPSA) is 50.4 Å². The fraction of sp³-hybridized carbons (Fsp3) is 0.500. The predicted molar refractivity (Wildman–Crippen MR) is 68.8 cm³/mol. The molecule has 4 nitrogen and oxygen atoms in total. The molecule has 0 radical (unpaired) electrons. The molecular formula is C14H18N2O2. The first-order valence-electron chi connectivity index (χ1n) is 6.43. The van der Waals surface area contributed by atoms with Gasteiger partial charge in [0.1, 0.15) is 11.3 Å². The summed E-state index contributed by atoms with van der Waals surface area (Å²) in [5, 5.41) is 6.38. The largest absolute Gasteiger partial charge is 0.497 e. The van der Waals surface area contributed by atoms with Crippen LogP contribution in [-0.4, -0.2) is 31.6 Å². The van der Waals surface area contributed by atoms with E-state index in [-0.39, 0.29) is 5.91 Å². The van der Waals surface area contributed by atoms with Gasteiger partial charge >= 0.3 is 0 Å². The van der Waals surface area contributed by atoms with Crippen molar-refractivity contribution in [2.24, 2.45) is 0 Å². The van der Waals surface area contributed by atoms with Crippen molar-refractivity contribution in [3.8, 4) is 5.75 Å². The van der Waals surface area contributed by atoms with Crippen LogP contribution in [0.4, 0.5) is 0 Å². The highest BCUT2D eigenvalue weighted by Crippen LogP contribution is 2.32. The standard InChI is InChI=1S/C14H18N2O2/c1-18-12-3-2-10-4-5-14(9-11(10)8-12)13(17)15-6-7-16-14/h2-3,8,16H,4-7,9H2,1H3,(H,15,17). The monoisotopic (exact) mass is 246 g/mol. The molecule has 3 rings (SSSR count). The average molecular weight is 246 g/mol. The first-order chi connectivity index (χ1) is 8.73. The molecule has 4 heteroatoms. The number of aryl methyl sites for hydroxylation is 1. The van der Waals surface area contributed by atoms with E-state index in [1.807, 2.05) is 6.07 Å². The van der Waals surface area contributed by atoms with Crippen LogP contribution in [0.2, 0.25) is 0 Å². The molecule has 0 saturated carbocycles. The Labute approximate surface area is 107 Å². The smallest absolute Gasteiger partial charge is 0.240 e. The zero-order valence-electron chi connectivity index (χ0n) is 10.6. The minimum absolute atomic E-state index is 0.141. The van der Waals surface area contributed by atoms with Crippen LogP contribution in [0.1, 0.15) is 17.5 Å². The first kappa shape index (κ1) is 11.5. The van der Waals surface area contributed by atoms with Crippen LogP contribution < -0.4 is 15.4 Å². The van der Waals surface area contributed by atoms with Gasteiger partial charge in [-0.05, 0) is 36.1 Å². The number of rotatable bonds is 1. The lowest BCUT2D eigenvalue weighted by molar-refractivity contribution is -0.129. The van der Waals surface area contributed by atoms with Crippen molar-refractivity contribution < 1.29 is 9.53 Å². The van der Waals surface area contributed by atoms with Crippen LogP contribution in [0.5, 0.6) is 5.75 Å². The highest BCUT2D eigenvalue weighted by molar-refractivity contribution is 5.88. The normalized spacial score (nSPS) is 26.6. The zero-order valence-corrected chi connectivity index (χ0v) is 10.6. The number of ether oxygens (including phenoxy) is 1. The second-order valence-electron chi connectivity index (χ2n) is 5.08. The van der Waals surface area contributed by atoms with E-state index in [9.17, 15) is 4.79 Å². The number of benzene rings is 1. The minimum Gasteiger partial charge on any atom is -0.497 e. The van der Waals surface area contributed by atoms with Crippen LogP contribution >= 0.6 is 0 Å². The van der Waals surface area contributed by atoms with Gasteiger partial charge in [0.25, 0.3) is 0 Å². The molecule has 1 amide bonds. The van der Waals surface area contributed by atoms with Gasteiger partial charge in [0.2, 0.25) is 5.91 Å². The molecule has 96 valence electrons. The van der Waals surface area contributed by atoms with Gasteiger partial charge in [-0.25, -0.2) is 0 Å². The molecule has 1 saturated heterocycles. The van der Waals surface area contributed by atoms with Crippen LogP contribution in [0, 0.1) is 0 Å².